The monoisotopic (exact) mass is 312 g/mol. The van der Waals surface area contributed by atoms with Crippen molar-refractivity contribution in [2.75, 3.05) is 18.2 Å². The second kappa shape index (κ2) is 6.21. The lowest BCUT2D eigenvalue weighted by atomic mass is 10.00. The molecule has 0 radical (unpaired) electrons. The van der Waals surface area contributed by atoms with E-state index in [4.69, 9.17) is 5.73 Å². The lowest BCUT2D eigenvalue weighted by Crippen LogP contribution is -2.47. The van der Waals surface area contributed by atoms with Crippen molar-refractivity contribution in [1.29, 1.82) is 0 Å². The molecule has 1 heterocycles. The summed E-state index contributed by atoms with van der Waals surface area (Å²) >= 11 is 0. The van der Waals surface area contributed by atoms with E-state index in [0.717, 1.165) is 18.5 Å². The zero-order valence-electron chi connectivity index (χ0n) is 12.8. The molecule has 0 amide bonds. The van der Waals surface area contributed by atoms with Gasteiger partial charge in [-0.1, -0.05) is 6.42 Å². The van der Waals surface area contributed by atoms with E-state index in [1.807, 2.05) is 0 Å². The quantitative estimate of drug-likeness (QED) is 0.738. The molecule has 1 aliphatic rings. The molecule has 0 aliphatic carbocycles. The SMILES string of the molecule is CNS(=O)(=O)c1ccc(NN2C(C)CCCC2C)cc1N. The maximum absolute atomic E-state index is 11.8. The number of hydrazine groups is 1. The molecule has 118 valence electrons. The van der Waals surface area contributed by atoms with Gasteiger partial charge in [-0.05, 0) is 51.9 Å². The molecule has 1 aliphatic heterocycles. The Labute approximate surface area is 126 Å². The van der Waals surface area contributed by atoms with Crippen LogP contribution in [0.3, 0.4) is 0 Å². The van der Waals surface area contributed by atoms with Crippen LogP contribution in [0, 0.1) is 0 Å². The van der Waals surface area contributed by atoms with Gasteiger partial charge in [0.15, 0.2) is 0 Å². The van der Waals surface area contributed by atoms with Crippen LogP contribution in [0.25, 0.3) is 0 Å². The molecule has 2 rings (SSSR count). The van der Waals surface area contributed by atoms with E-state index in [2.05, 4.69) is 29.0 Å². The van der Waals surface area contributed by atoms with Gasteiger partial charge in [0, 0.05) is 12.1 Å². The average Bonchev–Trinajstić information content (AvgIpc) is 2.43. The number of nitrogens with two attached hydrogens (primary N) is 1. The van der Waals surface area contributed by atoms with Gasteiger partial charge >= 0.3 is 0 Å². The van der Waals surface area contributed by atoms with E-state index in [9.17, 15) is 8.42 Å². The Bertz CT molecular complexity index is 593. The van der Waals surface area contributed by atoms with Gasteiger partial charge in [-0.2, -0.15) is 0 Å². The van der Waals surface area contributed by atoms with Gasteiger partial charge in [-0.25, -0.2) is 18.1 Å². The molecule has 7 heteroatoms. The first-order chi connectivity index (χ1) is 9.85. The van der Waals surface area contributed by atoms with E-state index < -0.39 is 10.0 Å². The standard InChI is InChI=1S/C14H24N4O2S/c1-10-5-4-6-11(2)18(10)17-12-7-8-14(13(15)9-12)21(19,20)16-3/h7-11,16-17H,4-6,15H2,1-3H3. The number of benzene rings is 1. The molecule has 21 heavy (non-hydrogen) atoms. The largest absolute Gasteiger partial charge is 0.398 e. The Morgan fingerprint density at radius 3 is 2.38 bits per heavy atom. The normalized spacial score (nSPS) is 24.0. The Balaban J connectivity index is 2.21. The van der Waals surface area contributed by atoms with E-state index in [0.29, 0.717) is 12.1 Å². The number of nitrogens with one attached hydrogen (secondary N) is 2. The number of nitrogen functional groups attached to an aromatic ring is 1. The average molecular weight is 312 g/mol. The van der Waals surface area contributed by atoms with E-state index in [1.54, 1.807) is 12.1 Å². The number of nitrogens with zero attached hydrogens (tertiary/aromatic N) is 1. The maximum atomic E-state index is 11.8. The van der Waals surface area contributed by atoms with Crippen LogP contribution in [0.1, 0.15) is 33.1 Å². The summed E-state index contributed by atoms with van der Waals surface area (Å²) in [5.41, 5.74) is 10.3. The Morgan fingerprint density at radius 1 is 1.24 bits per heavy atom. The molecule has 2 unspecified atom stereocenters. The molecule has 0 saturated carbocycles. The summed E-state index contributed by atoms with van der Waals surface area (Å²) in [6.45, 7) is 4.37. The summed E-state index contributed by atoms with van der Waals surface area (Å²) in [5, 5.41) is 2.21. The van der Waals surface area contributed by atoms with Crippen LogP contribution >= 0.6 is 0 Å². The van der Waals surface area contributed by atoms with Crippen LogP contribution in [0.4, 0.5) is 11.4 Å². The Morgan fingerprint density at radius 2 is 1.86 bits per heavy atom. The van der Waals surface area contributed by atoms with Crippen LogP contribution in [0.15, 0.2) is 23.1 Å². The van der Waals surface area contributed by atoms with Crippen molar-refractivity contribution in [3.63, 3.8) is 0 Å². The van der Waals surface area contributed by atoms with Crippen LogP contribution < -0.4 is 15.9 Å². The van der Waals surface area contributed by atoms with Gasteiger partial charge in [0.2, 0.25) is 10.0 Å². The molecule has 0 bridgehead atoms. The van der Waals surface area contributed by atoms with E-state index >= 15 is 0 Å². The minimum Gasteiger partial charge on any atom is -0.398 e. The zero-order valence-corrected chi connectivity index (χ0v) is 13.6. The Hall–Kier alpha value is -1.31. The summed E-state index contributed by atoms with van der Waals surface area (Å²) in [4.78, 5) is 0.107. The first-order valence-corrected chi connectivity index (χ1v) is 8.71. The highest BCUT2D eigenvalue weighted by molar-refractivity contribution is 7.89. The molecule has 1 aromatic rings. The summed E-state index contributed by atoms with van der Waals surface area (Å²) in [5.74, 6) is 0. The molecule has 1 fully saturated rings. The molecule has 1 saturated heterocycles. The fourth-order valence-electron chi connectivity index (χ4n) is 2.76. The molecule has 1 aromatic carbocycles. The van der Waals surface area contributed by atoms with Crippen molar-refractivity contribution in [2.45, 2.75) is 50.1 Å². The number of rotatable bonds is 4. The summed E-state index contributed by atoms with van der Waals surface area (Å²) < 4.78 is 25.9. The minimum atomic E-state index is -3.52. The van der Waals surface area contributed by atoms with Gasteiger partial charge in [0.25, 0.3) is 0 Å². The highest BCUT2D eigenvalue weighted by atomic mass is 32.2. The highest BCUT2D eigenvalue weighted by Gasteiger charge is 2.25. The molecular formula is C14H24N4O2S. The molecule has 2 atom stereocenters. The predicted molar refractivity (Wildman–Crippen MR) is 85.3 cm³/mol. The maximum Gasteiger partial charge on any atom is 0.242 e. The van der Waals surface area contributed by atoms with E-state index in [-0.39, 0.29) is 10.6 Å². The third-order valence-electron chi connectivity index (χ3n) is 4.02. The van der Waals surface area contributed by atoms with Gasteiger partial charge in [-0.3, -0.25) is 0 Å². The smallest absolute Gasteiger partial charge is 0.242 e. The summed E-state index contributed by atoms with van der Waals surface area (Å²) in [6, 6.07) is 5.82. The van der Waals surface area contributed by atoms with Crippen LogP contribution in [0.2, 0.25) is 0 Å². The first kappa shape index (κ1) is 16.1. The predicted octanol–water partition coefficient (Wildman–Crippen LogP) is 1.77. The van der Waals surface area contributed by atoms with Gasteiger partial charge in [0.05, 0.1) is 11.4 Å². The van der Waals surface area contributed by atoms with Gasteiger partial charge in [0.1, 0.15) is 4.90 Å². The lowest BCUT2D eigenvalue weighted by Gasteiger charge is -2.39. The fraction of sp³-hybridized carbons (Fsp3) is 0.571. The van der Waals surface area contributed by atoms with Gasteiger partial charge < -0.3 is 11.2 Å². The lowest BCUT2D eigenvalue weighted by molar-refractivity contribution is 0.136. The topological polar surface area (TPSA) is 87.5 Å². The van der Waals surface area contributed by atoms with Crippen molar-refractivity contribution >= 4 is 21.4 Å². The Kier molecular flexibility index (Phi) is 4.75. The summed E-state index contributed by atoms with van der Waals surface area (Å²) in [6.07, 6.45) is 3.54. The second-order valence-electron chi connectivity index (χ2n) is 5.61. The minimum absolute atomic E-state index is 0.107. The van der Waals surface area contributed by atoms with Crippen LogP contribution in [0.5, 0.6) is 0 Å². The van der Waals surface area contributed by atoms with Crippen LogP contribution in [-0.4, -0.2) is 32.6 Å². The zero-order chi connectivity index (χ0) is 15.6. The van der Waals surface area contributed by atoms with Crippen molar-refractivity contribution in [2.24, 2.45) is 0 Å². The van der Waals surface area contributed by atoms with Crippen molar-refractivity contribution in [1.82, 2.24) is 9.73 Å². The fourth-order valence-corrected chi connectivity index (χ4v) is 3.60. The third kappa shape index (κ3) is 3.48. The molecular weight excluding hydrogens is 288 g/mol. The van der Waals surface area contributed by atoms with Crippen molar-refractivity contribution in [3.8, 4) is 0 Å². The second-order valence-corrected chi connectivity index (χ2v) is 7.46. The molecule has 0 aromatic heterocycles. The molecule has 4 N–H and O–H groups in total. The van der Waals surface area contributed by atoms with Crippen molar-refractivity contribution < 1.29 is 8.42 Å². The van der Waals surface area contributed by atoms with E-state index in [1.165, 1.54) is 19.5 Å². The number of sulfonamides is 1. The third-order valence-corrected chi connectivity index (χ3v) is 5.51. The van der Waals surface area contributed by atoms with Crippen LogP contribution in [-0.2, 0) is 10.0 Å². The first-order valence-electron chi connectivity index (χ1n) is 7.23. The number of anilines is 2. The molecule has 6 nitrogen and oxygen atoms in total. The number of piperidine rings is 1. The number of hydrogen-bond donors (Lipinski definition) is 3. The molecule has 0 spiro atoms. The van der Waals surface area contributed by atoms with Gasteiger partial charge in [-0.15, -0.1) is 0 Å². The number of hydrogen-bond acceptors (Lipinski definition) is 5. The van der Waals surface area contributed by atoms with Crippen molar-refractivity contribution in [3.05, 3.63) is 18.2 Å². The summed E-state index contributed by atoms with van der Waals surface area (Å²) in [7, 11) is -2.14. The highest BCUT2D eigenvalue weighted by Crippen LogP contribution is 2.26.